The molecule has 0 unspecified atom stereocenters. The number of fused-ring (bicyclic) bond motifs is 1. The Balaban J connectivity index is 1.17. The van der Waals surface area contributed by atoms with Crippen LogP contribution in [0.4, 0.5) is 11.8 Å². The van der Waals surface area contributed by atoms with Crippen molar-refractivity contribution in [2.24, 2.45) is 0 Å². The van der Waals surface area contributed by atoms with Crippen molar-refractivity contribution in [3.8, 4) is 0 Å². The Labute approximate surface area is 186 Å². The van der Waals surface area contributed by atoms with Crippen molar-refractivity contribution in [2.75, 3.05) is 49.1 Å². The number of aryl methyl sites for hydroxylation is 1. The van der Waals surface area contributed by atoms with Crippen LogP contribution in [0.1, 0.15) is 19.3 Å². The van der Waals surface area contributed by atoms with Gasteiger partial charge in [0.25, 0.3) is 5.56 Å². The molecule has 0 bridgehead atoms. The zero-order valence-electron chi connectivity index (χ0n) is 18.1. The first kappa shape index (κ1) is 20.4. The maximum Gasteiger partial charge on any atom is 0.261 e. The minimum absolute atomic E-state index is 0.0603. The van der Waals surface area contributed by atoms with Gasteiger partial charge in [-0.05, 0) is 31.0 Å². The number of anilines is 2. The molecule has 3 aromatic rings. The predicted molar refractivity (Wildman–Crippen MR) is 123 cm³/mol. The molecular formula is C23H27N7O2. The molecule has 5 rings (SSSR count). The normalized spacial score (nSPS) is 16.7. The minimum Gasteiger partial charge on any atom is -0.353 e. The van der Waals surface area contributed by atoms with E-state index in [0.29, 0.717) is 30.5 Å². The smallest absolute Gasteiger partial charge is 0.261 e. The Morgan fingerprint density at radius 3 is 2.50 bits per heavy atom. The number of piperazine rings is 1. The van der Waals surface area contributed by atoms with Crippen molar-refractivity contribution in [1.82, 2.24) is 24.4 Å². The molecule has 2 aromatic heterocycles. The molecule has 166 valence electrons. The van der Waals surface area contributed by atoms with Crippen LogP contribution in [0.5, 0.6) is 0 Å². The van der Waals surface area contributed by atoms with Gasteiger partial charge in [0, 0.05) is 58.4 Å². The lowest BCUT2D eigenvalue weighted by atomic mass is 10.2. The molecule has 0 atom stereocenters. The second kappa shape index (κ2) is 8.94. The average molecular weight is 434 g/mol. The molecule has 4 heterocycles. The number of aromatic nitrogens is 4. The van der Waals surface area contributed by atoms with Gasteiger partial charge in [-0.3, -0.25) is 14.2 Å². The summed E-state index contributed by atoms with van der Waals surface area (Å²) in [4.78, 5) is 45.2. The van der Waals surface area contributed by atoms with Gasteiger partial charge >= 0.3 is 0 Å². The summed E-state index contributed by atoms with van der Waals surface area (Å²) < 4.78 is 1.53. The SMILES string of the molecule is O=C(CCn1cnc2ccccc2c1=O)N1CCN(c2ccnc(N3CCCC3)n2)CC1. The first-order chi connectivity index (χ1) is 15.7. The fraction of sp³-hybridized carbons (Fsp3) is 0.435. The van der Waals surface area contributed by atoms with Crippen LogP contribution in [-0.4, -0.2) is 69.6 Å². The minimum atomic E-state index is -0.106. The van der Waals surface area contributed by atoms with Gasteiger partial charge in [-0.15, -0.1) is 0 Å². The Morgan fingerprint density at radius 2 is 1.69 bits per heavy atom. The van der Waals surface area contributed by atoms with E-state index in [4.69, 9.17) is 4.98 Å². The molecule has 1 aromatic carbocycles. The number of nitrogens with zero attached hydrogens (tertiary/aromatic N) is 7. The highest BCUT2D eigenvalue weighted by Crippen LogP contribution is 2.20. The van der Waals surface area contributed by atoms with E-state index in [1.165, 1.54) is 23.7 Å². The molecule has 0 radical (unpaired) electrons. The van der Waals surface area contributed by atoms with E-state index in [9.17, 15) is 9.59 Å². The van der Waals surface area contributed by atoms with E-state index < -0.39 is 0 Å². The second-order valence-electron chi connectivity index (χ2n) is 8.29. The zero-order chi connectivity index (χ0) is 21.9. The molecule has 0 aliphatic carbocycles. The van der Waals surface area contributed by atoms with Crippen LogP contribution in [0.3, 0.4) is 0 Å². The summed E-state index contributed by atoms with van der Waals surface area (Å²) in [6.45, 7) is 5.13. The number of para-hydroxylation sites is 1. The highest BCUT2D eigenvalue weighted by atomic mass is 16.2. The van der Waals surface area contributed by atoms with Crippen LogP contribution >= 0.6 is 0 Å². The number of carbonyl (C=O) groups is 1. The van der Waals surface area contributed by atoms with Crippen LogP contribution in [0, 0.1) is 0 Å². The van der Waals surface area contributed by atoms with Gasteiger partial charge in [0.05, 0.1) is 17.2 Å². The summed E-state index contributed by atoms with van der Waals surface area (Å²) in [7, 11) is 0. The highest BCUT2D eigenvalue weighted by Gasteiger charge is 2.23. The van der Waals surface area contributed by atoms with Crippen LogP contribution < -0.4 is 15.4 Å². The lowest BCUT2D eigenvalue weighted by Crippen LogP contribution is -2.49. The standard InChI is InChI=1S/C23H27N7O2/c31-21(8-12-30-17-25-19-6-2-1-5-18(19)22(30)32)28-15-13-27(14-16-28)20-7-9-24-23(26-20)29-10-3-4-11-29/h1-2,5-7,9,17H,3-4,8,10-16H2. The topological polar surface area (TPSA) is 87.5 Å². The average Bonchev–Trinajstić information content (AvgIpc) is 3.39. The third-order valence-corrected chi connectivity index (χ3v) is 6.27. The van der Waals surface area contributed by atoms with Crippen LogP contribution in [-0.2, 0) is 11.3 Å². The van der Waals surface area contributed by atoms with Gasteiger partial charge in [0.1, 0.15) is 5.82 Å². The molecule has 9 heteroatoms. The van der Waals surface area contributed by atoms with Crippen LogP contribution in [0.2, 0.25) is 0 Å². The summed E-state index contributed by atoms with van der Waals surface area (Å²) in [6.07, 6.45) is 6.02. The first-order valence-electron chi connectivity index (χ1n) is 11.2. The zero-order valence-corrected chi connectivity index (χ0v) is 18.1. The second-order valence-corrected chi connectivity index (χ2v) is 8.29. The Hall–Kier alpha value is -3.49. The summed E-state index contributed by atoms with van der Waals surface area (Å²) in [5, 5.41) is 0.578. The van der Waals surface area contributed by atoms with Crippen LogP contribution in [0.25, 0.3) is 10.9 Å². The van der Waals surface area contributed by atoms with Gasteiger partial charge in [-0.1, -0.05) is 12.1 Å². The maximum atomic E-state index is 12.8. The van der Waals surface area contributed by atoms with Gasteiger partial charge in [0.15, 0.2) is 0 Å². The van der Waals surface area contributed by atoms with E-state index in [1.54, 1.807) is 6.07 Å². The Kier molecular flexibility index (Phi) is 5.70. The monoisotopic (exact) mass is 433 g/mol. The van der Waals surface area contributed by atoms with Crippen molar-refractivity contribution in [3.63, 3.8) is 0 Å². The molecule has 0 N–H and O–H groups in total. The number of carbonyl (C=O) groups excluding carboxylic acids is 1. The van der Waals surface area contributed by atoms with E-state index >= 15 is 0 Å². The molecule has 32 heavy (non-hydrogen) atoms. The van der Waals surface area contributed by atoms with Gasteiger partial charge in [-0.2, -0.15) is 4.98 Å². The molecule has 2 aliphatic heterocycles. The maximum absolute atomic E-state index is 12.8. The first-order valence-corrected chi connectivity index (χ1v) is 11.2. The third-order valence-electron chi connectivity index (χ3n) is 6.27. The molecular weight excluding hydrogens is 406 g/mol. The van der Waals surface area contributed by atoms with E-state index in [0.717, 1.165) is 37.9 Å². The highest BCUT2D eigenvalue weighted by molar-refractivity contribution is 5.77. The Bertz CT molecular complexity index is 1160. The summed E-state index contributed by atoms with van der Waals surface area (Å²) in [5.41, 5.74) is 0.569. The van der Waals surface area contributed by atoms with Crippen molar-refractivity contribution >= 4 is 28.6 Å². The summed E-state index contributed by atoms with van der Waals surface area (Å²) >= 11 is 0. The van der Waals surface area contributed by atoms with Gasteiger partial charge in [-0.25, -0.2) is 9.97 Å². The largest absolute Gasteiger partial charge is 0.353 e. The predicted octanol–water partition coefficient (Wildman–Crippen LogP) is 1.53. The fourth-order valence-corrected chi connectivity index (χ4v) is 4.41. The summed E-state index contributed by atoms with van der Waals surface area (Å²) in [5.74, 6) is 1.78. The third kappa shape index (κ3) is 4.15. The van der Waals surface area contributed by atoms with Crippen molar-refractivity contribution in [2.45, 2.75) is 25.8 Å². The lowest BCUT2D eigenvalue weighted by Gasteiger charge is -2.35. The molecule has 0 spiro atoms. The van der Waals surface area contributed by atoms with E-state index in [-0.39, 0.29) is 17.9 Å². The van der Waals surface area contributed by atoms with Crippen molar-refractivity contribution < 1.29 is 4.79 Å². The number of hydrogen-bond acceptors (Lipinski definition) is 7. The quantitative estimate of drug-likeness (QED) is 0.603. The van der Waals surface area contributed by atoms with Gasteiger partial charge in [0.2, 0.25) is 11.9 Å². The van der Waals surface area contributed by atoms with E-state index in [1.807, 2.05) is 35.4 Å². The number of benzene rings is 1. The fourth-order valence-electron chi connectivity index (χ4n) is 4.41. The number of hydrogen-bond donors (Lipinski definition) is 0. The molecule has 2 aliphatic rings. The van der Waals surface area contributed by atoms with Gasteiger partial charge < -0.3 is 14.7 Å². The molecule has 9 nitrogen and oxygen atoms in total. The lowest BCUT2D eigenvalue weighted by molar-refractivity contribution is -0.131. The molecule has 2 saturated heterocycles. The molecule has 0 saturated carbocycles. The number of rotatable bonds is 5. The molecule has 1 amide bonds. The molecule has 2 fully saturated rings. The number of amides is 1. The van der Waals surface area contributed by atoms with Crippen LogP contribution in [0.15, 0.2) is 47.7 Å². The Morgan fingerprint density at radius 1 is 0.906 bits per heavy atom. The van der Waals surface area contributed by atoms with E-state index in [2.05, 4.69) is 19.8 Å². The van der Waals surface area contributed by atoms with Crippen molar-refractivity contribution in [1.29, 1.82) is 0 Å². The summed E-state index contributed by atoms with van der Waals surface area (Å²) in [6, 6.07) is 9.21. The van der Waals surface area contributed by atoms with Crippen molar-refractivity contribution in [3.05, 3.63) is 53.2 Å².